The van der Waals surface area contributed by atoms with E-state index in [-0.39, 0.29) is 6.61 Å². The molecule has 0 radical (unpaired) electrons. The minimum absolute atomic E-state index is 0.170. The number of nitrogens with one attached hydrogen (secondary N) is 1. The van der Waals surface area contributed by atoms with E-state index in [9.17, 15) is 0 Å². The van der Waals surface area contributed by atoms with Gasteiger partial charge >= 0.3 is 0 Å². The summed E-state index contributed by atoms with van der Waals surface area (Å²) in [6, 6.07) is 0.444. The van der Waals surface area contributed by atoms with E-state index in [1.165, 1.54) is 0 Å². The molecule has 72 valence electrons. The van der Waals surface area contributed by atoms with Crippen LogP contribution in [0.15, 0.2) is 0 Å². The summed E-state index contributed by atoms with van der Waals surface area (Å²) in [6.45, 7) is 1.90. The van der Waals surface area contributed by atoms with Crippen LogP contribution in [0.3, 0.4) is 0 Å². The monoisotopic (exact) mass is 175 g/mol. The highest BCUT2D eigenvalue weighted by atomic mass is 16.5. The lowest BCUT2D eigenvalue weighted by atomic mass is 10.1. The predicted molar refractivity (Wildman–Crippen MR) is 44.9 cm³/mol. The summed E-state index contributed by atoms with van der Waals surface area (Å²) in [5.41, 5.74) is 0. The largest absolute Gasteiger partial charge is 0.394 e. The first kappa shape index (κ1) is 9.92. The second kappa shape index (κ2) is 5.48. The van der Waals surface area contributed by atoms with Crippen LogP contribution in [-0.2, 0) is 4.74 Å². The van der Waals surface area contributed by atoms with Crippen molar-refractivity contribution in [2.45, 2.75) is 25.0 Å². The Kier molecular flexibility index (Phi) is 4.53. The third-order valence-corrected chi connectivity index (χ3v) is 2.07. The first-order valence-corrected chi connectivity index (χ1v) is 4.43. The maximum atomic E-state index is 9.04. The van der Waals surface area contributed by atoms with Gasteiger partial charge in [-0.25, -0.2) is 0 Å². The lowest BCUT2D eigenvalue weighted by Crippen LogP contribution is -2.40. The van der Waals surface area contributed by atoms with Crippen LogP contribution in [0.1, 0.15) is 12.8 Å². The molecule has 0 aliphatic carbocycles. The SMILES string of the molecule is OC[C@@H](O)CNC1CCOCC1. The lowest BCUT2D eigenvalue weighted by Gasteiger charge is -2.24. The molecule has 0 aromatic carbocycles. The Morgan fingerprint density at radius 1 is 1.42 bits per heavy atom. The fourth-order valence-corrected chi connectivity index (χ4v) is 1.27. The van der Waals surface area contributed by atoms with Crippen molar-refractivity contribution >= 4 is 0 Å². The van der Waals surface area contributed by atoms with E-state index in [1.54, 1.807) is 0 Å². The van der Waals surface area contributed by atoms with Crippen molar-refractivity contribution < 1.29 is 14.9 Å². The molecule has 0 amide bonds. The number of hydrogen-bond donors (Lipinski definition) is 3. The van der Waals surface area contributed by atoms with Gasteiger partial charge in [0.25, 0.3) is 0 Å². The van der Waals surface area contributed by atoms with Crippen molar-refractivity contribution in [1.82, 2.24) is 5.32 Å². The van der Waals surface area contributed by atoms with Crippen LogP contribution in [0, 0.1) is 0 Å². The standard InChI is InChI=1S/C8H17NO3/c10-6-8(11)5-9-7-1-3-12-4-2-7/h7-11H,1-6H2/t8-/m0/s1. The summed E-state index contributed by atoms with van der Waals surface area (Å²) >= 11 is 0. The third-order valence-electron chi connectivity index (χ3n) is 2.07. The molecule has 0 aromatic rings. The van der Waals surface area contributed by atoms with E-state index in [0.717, 1.165) is 26.1 Å². The molecule has 0 spiro atoms. The van der Waals surface area contributed by atoms with E-state index in [4.69, 9.17) is 14.9 Å². The van der Waals surface area contributed by atoms with Gasteiger partial charge in [0.15, 0.2) is 0 Å². The molecule has 4 heteroatoms. The zero-order valence-corrected chi connectivity index (χ0v) is 7.20. The van der Waals surface area contributed by atoms with E-state index in [2.05, 4.69) is 5.32 Å². The second-order valence-electron chi connectivity index (χ2n) is 3.13. The molecule has 4 nitrogen and oxygen atoms in total. The molecular formula is C8H17NO3. The normalized spacial score (nSPS) is 22.5. The minimum Gasteiger partial charge on any atom is -0.394 e. The fraction of sp³-hybridized carbons (Fsp3) is 1.00. The Balaban J connectivity index is 2.05. The number of rotatable bonds is 4. The van der Waals surface area contributed by atoms with Crippen molar-refractivity contribution in [3.63, 3.8) is 0 Å². The van der Waals surface area contributed by atoms with Crippen LogP contribution in [0.25, 0.3) is 0 Å². The summed E-state index contributed by atoms with van der Waals surface area (Å²) < 4.78 is 5.18. The predicted octanol–water partition coefficient (Wildman–Crippen LogP) is -0.892. The van der Waals surface area contributed by atoms with Crippen molar-refractivity contribution in [2.24, 2.45) is 0 Å². The van der Waals surface area contributed by atoms with Gasteiger partial charge in [0.05, 0.1) is 12.7 Å². The summed E-state index contributed by atoms with van der Waals surface area (Å²) in [5, 5.41) is 20.8. The molecule has 1 aliphatic heterocycles. The Labute approximate surface area is 72.5 Å². The van der Waals surface area contributed by atoms with Crippen LogP contribution < -0.4 is 5.32 Å². The van der Waals surface area contributed by atoms with Crippen molar-refractivity contribution in [2.75, 3.05) is 26.4 Å². The molecule has 1 heterocycles. The summed E-state index contributed by atoms with van der Waals surface area (Å²) in [4.78, 5) is 0. The van der Waals surface area contributed by atoms with E-state index in [0.29, 0.717) is 12.6 Å². The number of ether oxygens (including phenoxy) is 1. The van der Waals surface area contributed by atoms with Crippen LogP contribution >= 0.6 is 0 Å². The Hall–Kier alpha value is -0.160. The highest BCUT2D eigenvalue weighted by Gasteiger charge is 2.13. The van der Waals surface area contributed by atoms with Crippen molar-refractivity contribution in [1.29, 1.82) is 0 Å². The van der Waals surface area contributed by atoms with Crippen LogP contribution in [-0.4, -0.2) is 48.7 Å². The van der Waals surface area contributed by atoms with Crippen LogP contribution in [0.2, 0.25) is 0 Å². The quantitative estimate of drug-likeness (QED) is 0.518. The van der Waals surface area contributed by atoms with Gasteiger partial charge in [-0.15, -0.1) is 0 Å². The highest BCUT2D eigenvalue weighted by molar-refractivity contribution is 4.71. The van der Waals surface area contributed by atoms with Gasteiger partial charge in [0, 0.05) is 25.8 Å². The molecule has 0 aromatic heterocycles. The molecule has 1 atom stereocenters. The van der Waals surface area contributed by atoms with E-state index in [1.807, 2.05) is 0 Å². The summed E-state index contributed by atoms with van der Waals surface area (Å²) in [5.74, 6) is 0. The maximum absolute atomic E-state index is 9.04. The van der Waals surface area contributed by atoms with Gasteiger partial charge < -0.3 is 20.3 Å². The summed E-state index contributed by atoms with van der Waals surface area (Å²) in [6.07, 6.45) is 1.36. The number of aliphatic hydroxyl groups excluding tert-OH is 2. The van der Waals surface area contributed by atoms with Crippen LogP contribution in [0.4, 0.5) is 0 Å². The molecule has 0 bridgehead atoms. The Morgan fingerprint density at radius 3 is 2.67 bits per heavy atom. The third kappa shape index (κ3) is 3.49. The van der Waals surface area contributed by atoms with Gasteiger partial charge in [-0.05, 0) is 12.8 Å². The zero-order valence-electron chi connectivity index (χ0n) is 7.20. The van der Waals surface area contributed by atoms with Crippen LogP contribution in [0.5, 0.6) is 0 Å². The molecule has 1 aliphatic rings. The maximum Gasteiger partial charge on any atom is 0.0895 e. The zero-order chi connectivity index (χ0) is 8.81. The molecule has 1 saturated heterocycles. The van der Waals surface area contributed by atoms with Gasteiger partial charge in [-0.1, -0.05) is 0 Å². The average molecular weight is 175 g/mol. The van der Waals surface area contributed by atoms with Gasteiger partial charge in [0.2, 0.25) is 0 Å². The molecule has 12 heavy (non-hydrogen) atoms. The van der Waals surface area contributed by atoms with E-state index >= 15 is 0 Å². The smallest absolute Gasteiger partial charge is 0.0895 e. The minimum atomic E-state index is -0.632. The molecule has 3 N–H and O–H groups in total. The van der Waals surface area contributed by atoms with Gasteiger partial charge in [-0.3, -0.25) is 0 Å². The number of aliphatic hydroxyl groups is 2. The molecule has 0 saturated carbocycles. The molecule has 1 rings (SSSR count). The molecule has 0 unspecified atom stereocenters. The average Bonchev–Trinajstić information content (AvgIpc) is 2.16. The first-order chi connectivity index (χ1) is 5.83. The Bertz CT molecular complexity index is 115. The first-order valence-electron chi connectivity index (χ1n) is 4.43. The van der Waals surface area contributed by atoms with Gasteiger partial charge in [-0.2, -0.15) is 0 Å². The fourth-order valence-electron chi connectivity index (χ4n) is 1.27. The highest BCUT2D eigenvalue weighted by Crippen LogP contribution is 2.05. The molecule has 1 fully saturated rings. The van der Waals surface area contributed by atoms with Crippen molar-refractivity contribution in [3.8, 4) is 0 Å². The number of hydrogen-bond acceptors (Lipinski definition) is 4. The Morgan fingerprint density at radius 2 is 2.08 bits per heavy atom. The lowest BCUT2D eigenvalue weighted by molar-refractivity contribution is 0.0624. The van der Waals surface area contributed by atoms with Gasteiger partial charge in [0.1, 0.15) is 0 Å². The summed E-state index contributed by atoms with van der Waals surface area (Å²) in [7, 11) is 0. The van der Waals surface area contributed by atoms with Crippen molar-refractivity contribution in [3.05, 3.63) is 0 Å². The van der Waals surface area contributed by atoms with E-state index < -0.39 is 6.10 Å². The topological polar surface area (TPSA) is 61.7 Å². The second-order valence-corrected chi connectivity index (χ2v) is 3.13. The molecular weight excluding hydrogens is 158 g/mol.